The number of hydrogen-bond donors (Lipinski definition) is 0. The molecule has 0 bridgehead atoms. The van der Waals surface area contributed by atoms with Crippen molar-refractivity contribution in [1.82, 2.24) is 19.7 Å². The van der Waals surface area contributed by atoms with Gasteiger partial charge in [-0.1, -0.05) is 0 Å². The van der Waals surface area contributed by atoms with Gasteiger partial charge < -0.3 is 9.32 Å². The number of pyridine rings is 1. The van der Waals surface area contributed by atoms with E-state index in [1.165, 1.54) is 0 Å². The Labute approximate surface area is 147 Å². The standard InChI is InChI=1S/C19H22N4O2/c1-13(2)23(12-15-10-20-22(4)11-15)19(24)16-7-8-17(21-14(16)3)18-6-5-9-25-18/h5-11,13H,12H2,1-4H3. The minimum Gasteiger partial charge on any atom is -0.463 e. The van der Waals surface area contributed by atoms with E-state index in [0.717, 1.165) is 11.3 Å². The molecule has 6 nitrogen and oxygen atoms in total. The van der Waals surface area contributed by atoms with E-state index >= 15 is 0 Å². The quantitative estimate of drug-likeness (QED) is 0.715. The Balaban J connectivity index is 1.86. The molecule has 0 aromatic carbocycles. The number of aryl methyl sites for hydroxylation is 2. The zero-order chi connectivity index (χ0) is 18.0. The highest BCUT2D eigenvalue weighted by molar-refractivity contribution is 5.95. The predicted molar refractivity (Wildman–Crippen MR) is 94.9 cm³/mol. The molecule has 0 aliphatic heterocycles. The maximum absolute atomic E-state index is 13.1. The number of aromatic nitrogens is 3. The van der Waals surface area contributed by atoms with Gasteiger partial charge in [0.15, 0.2) is 5.76 Å². The molecule has 3 aromatic rings. The third-order valence-electron chi connectivity index (χ3n) is 4.09. The van der Waals surface area contributed by atoms with E-state index in [1.807, 2.05) is 63.2 Å². The molecule has 6 heteroatoms. The third kappa shape index (κ3) is 3.63. The molecule has 0 fully saturated rings. The molecule has 25 heavy (non-hydrogen) atoms. The fraction of sp³-hybridized carbons (Fsp3) is 0.316. The van der Waals surface area contributed by atoms with Gasteiger partial charge in [0.25, 0.3) is 5.91 Å². The maximum Gasteiger partial charge on any atom is 0.256 e. The predicted octanol–water partition coefficient (Wildman–Crippen LogP) is 3.43. The summed E-state index contributed by atoms with van der Waals surface area (Å²) in [6.07, 6.45) is 5.32. The lowest BCUT2D eigenvalue weighted by Crippen LogP contribution is -2.36. The van der Waals surface area contributed by atoms with Gasteiger partial charge >= 0.3 is 0 Å². The molecular weight excluding hydrogens is 316 g/mol. The summed E-state index contributed by atoms with van der Waals surface area (Å²) in [5, 5.41) is 4.17. The zero-order valence-corrected chi connectivity index (χ0v) is 14.9. The van der Waals surface area contributed by atoms with Crippen LogP contribution in [0.25, 0.3) is 11.5 Å². The number of rotatable bonds is 5. The molecule has 130 valence electrons. The van der Waals surface area contributed by atoms with Crippen LogP contribution in [0.5, 0.6) is 0 Å². The summed E-state index contributed by atoms with van der Waals surface area (Å²) in [5.41, 5.74) is 3.02. The normalized spacial score (nSPS) is 11.1. The van der Waals surface area contributed by atoms with E-state index in [-0.39, 0.29) is 11.9 Å². The van der Waals surface area contributed by atoms with E-state index in [2.05, 4.69) is 10.1 Å². The van der Waals surface area contributed by atoms with Gasteiger partial charge in [-0.2, -0.15) is 5.10 Å². The summed E-state index contributed by atoms with van der Waals surface area (Å²) in [5.74, 6) is 0.660. The summed E-state index contributed by atoms with van der Waals surface area (Å²) in [6.45, 7) is 6.38. The van der Waals surface area contributed by atoms with Crippen molar-refractivity contribution in [2.24, 2.45) is 7.05 Å². The molecule has 3 rings (SSSR count). The van der Waals surface area contributed by atoms with Crippen LogP contribution < -0.4 is 0 Å². The van der Waals surface area contributed by atoms with Crippen molar-refractivity contribution >= 4 is 5.91 Å². The van der Waals surface area contributed by atoms with E-state index in [4.69, 9.17) is 4.42 Å². The number of carbonyl (C=O) groups excluding carboxylic acids is 1. The molecule has 0 spiro atoms. The molecule has 0 radical (unpaired) electrons. The smallest absolute Gasteiger partial charge is 0.256 e. The van der Waals surface area contributed by atoms with E-state index in [0.29, 0.717) is 23.6 Å². The molecule has 0 saturated heterocycles. The maximum atomic E-state index is 13.1. The van der Waals surface area contributed by atoms with Gasteiger partial charge in [-0.15, -0.1) is 0 Å². The fourth-order valence-electron chi connectivity index (χ4n) is 2.74. The molecule has 0 aliphatic carbocycles. The van der Waals surface area contributed by atoms with Crippen molar-refractivity contribution in [3.05, 3.63) is 59.7 Å². The Morgan fingerprint density at radius 3 is 2.68 bits per heavy atom. The van der Waals surface area contributed by atoms with Gasteiger partial charge in [-0.25, -0.2) is 4.98 Å². The first-order valence-corrected chi connectivity index (χ1v) is 8.25. The van der Waals surface area contributed by atoms with Gasteiger partial charge in [-0.3, -0.25) is 9.48 Å². The van der Waals surface area contributed by atoms with Gasteiger partial charge in [0, 0.05) is 31.4 Å². The Morgan fingerprint density at radius 2 is 2.12 bits per heavy atom. The largest absolute Gasteiger partial charge is 0.463 e. The van der Waals surface area contributed by atoms with Crippen molar-refractivity contribution in [2.75, 3.05) is 0 Å². The van der Waals surface area contributed by atoms with E-state index in [1.54, 1.807) is 17.1 Å². The molecule has 3 aromatic heterocycles. The van der Waals surface area contributed by atoms with Crippen molar-refractivity contribution < 1.29 is 9.21 Å². The number of furan rings is 1. The van der Waals surface area contributed by atoms with Crippen LogP contribution in [0.3, 0.4) is 0 Å². The third-order valence-corrected chi connectivity index (χ3v) is 4.09. The first-order valence-electron chi connectivity index (χ1n) is 8.25. The topological polar surface area (TPSA) is 64.2 Å². The van der Waals surface area contributed by atoms with Crippen molar-refractivity contribution in [3.8, 4) is 11.5 Å². The molecule has 0 aliphatic rings. The summed E-state index contributed by atoms with van der Waals surface area (Å²) >= 11 is 0. The molecule has 1 amide bonds. The average Bonchev–Trinajstić information content (AvgIpc) is 3.23. The number of amides is 1. The molecule has 0 unspecified atom stereocenters. The summed E-state index contributed by atoms with van der Waals surface area (Å²) in [4.78, 5) is 19.4. The number of nitrogens with zero attached hydrogens (tertiary/aromatic N) is 4. The monoisotopic (exact) mass is 338 g/mol. The van der Waals surface area contributed by atoms with E-state index < -0.39 is 0 Å². The summed E-state index contributed by atoms with van der Waals surface area (Å²) < 4.78 is 7.11. The lowest BCUT2D eigenvalue weighted by Gasteiger charge is -2.27. The fourth-order valence-corrected chi connectivity index (χ4v) is 2.74. The first-order chi connectivity index (χ1) is 12.0. The molecule has 0 N–H and O–H groups in total. The van der Waals surface area contributed by atoms with Crippen molar-refractivity contribution in [3.63, 3.8) is 0 Å². The Kier molecular flexibility index (Phi) is 4.70. The molecule has 3 heterocycles. The minimum absolute atomic E-state index is 0.0325. The van der Waals surface area contributed by atoms with Gasteiger partial charge in [0.1, 0.15) is 5.69 Å². The van der Waals surface area contributed by atoms with Crippen molar-refractivity contribution in [1.29, 1.82) is 0 Å². The first kappa shape index (κ1) is 17.0. The summed E-state index contributed by atoms with van der Waals surface area (Å²) in [7, 11) is 1.87. The van der Waals surface area contributed by atoms with Crippen LogP contribution in [0.15, 0.2) is 47.3 Å². The Hall–Kier alpha value is -2.89. The number of carbonyl (C=O) groups is 1. The van der Waals surface area contributed by atoms with Crippen LogP contribution in [0.1, 0.15) is 35.5 Å². The molecule has 0 saturated carbocycles. The minimum atomic E-state index is -0.0325. The Morgan fingerprint density at radius 1 is 1.32 bits per heavy atom. The highest BCUT2D eigenvalue weighted by Gasteiger charge is 2.22. The van der Waals surface area contributed by atoms with Crippen LogP contribution >= 0.6 is 0 Å². The van der Waals surface area contributed by atoms with Gasteiger partial charge in [0.2, 0.25) is 0 Å². The lowest BCUT2D eigenvalue weighted by molar-refractivity contribution is 0.0689. The summed E-state index contributed by atoms with van der Waals surface area (Å²) in [6, 6.07) is 7.38. The van der Waals surface area contributed by atoms with Crippen LogP contribution in [-0.2, 0) is 13.6 Å². The zero-order valence-electron chi connectivity index (χ0n) is 14.9. The average molecular weight is 338 g/mol. The van der Waals surface area contributed by atoms with Crippen LogP contribution in [0, 0.1) is 6.92 Å². The number of hydrogen-bond acceptors (Lipinski definition) is 4. The van der Waals surface area contributed by atoms with Crippen LogP contribution in [0.4, 0.5) is 0 Å². The van der Waals surface area contributed by atoms with Gasteiger partial charge in [0.05, 0.1) is 23.7 Å². The highest BCUT2D eigenvalue weighted by atomic mass is 16.3. The molecule has 0 atom stereocenters. The van der Waals surface area contributed by atoms with Crippen LogP contribution in [0.2, 0.25) is 0 Å². The van der Waals surface area contributed by atoms with Crippen molar-refractivity contribution in [2.45, 2.75) is 33.4 Å². The SMILES string of the molecule is Cc1nc(-c2ccco2)ccc1C(=O)N(Cc1cnn(C)c1)C(C)C. The Bertz CT molecular complexity index is 865. The second kappa shape index (κ2) is 6.93. The second-order valence-corrected chi connectivity index (χ2v) is 6.36. The molecular formula is C19H22N4O2. The van der Waals surface area contributed by atoms with Gasteiger partial charge in [-0.05, 0) is 45.0 Å². The van der Waals surface area contributed by atoms with Crippen LogP contribution in [-0.4, -0.2) is 31.6 Å². The van der Waals surface area contributed by atoms with E-state index in [9.17, 15) is 4.79 Å². The highest BCUT2D eigenvalue weighted by Crippen LogP contribution is 2.21. The second-order valence-electron chi connectivity index (χ2n) is 6.36. The lowest BCUT2D eigenvalue weighted by atomic mass is 10.1.